The number of hydrogen-bond acceptors (Lipinski definition) is 4. The number of hydrogen-bond donors (Lipinski definition) is 1. The molecule has 3 aromatic rings. The van der Waals surface area contributed by atoms with Gasteiger partial charge in [-0.2, -0.15) is 0 Å². The van der Waals surface area contributed by atoms with Gasteiger partial charge < -0.3 is 9.84 Å². The molecular weight excluding hydrogens is 526 g/mol. The lowest BCUT2D eigenvalue weighted by molar-refractivity contribution is -0.137. The van der Waals surface area contributed by atoms with Gasteiger partial charge >= 0.3 is 5.97 Å². The van der Waals surface area contributed by atoms with Crippen molar-refractivity contribution in [2.75, 3.05) is 26.7 Å². The van der Waals surface area contributed by atoms with Crippen LogP contribution in [0.5, 0.6) is 5.75 Å². The van der Waals surface area contributed by atoms with Gasteiger partial charge in [0.1, 0.15) is 11.9 Å². The van der Waals surface area contributed by atoms with Crippen LogP contribution >= 0.6 is 23.2 Å². The van der Waals surface area contributed by atoms with E-state index in [2.05, 4.69) is 21.7 Å². The van der Waals surface area contributed by atoms with Crippen LogP contribution in [0.2, 0.25) is 10.0 Å². The van der Waals surface area contributed by atoms with Crippen LogP contribution in [-0.4, -0.2) is 47.7 Å². The number of carboxylic acids is 1. The van der Waals surface area contributed by atoms with Crippen LogP contribution in [0.1, 0.15) is 49.4 Å². The van der Waals surface area contributed by atoms with Crippen LogP contribution in [-0.2, 0) is 4.79 Å². The maximum Gasteiger partial charge on any atom is 0.303 e. The van der Waals surface area contributed by atoms with E-state index >= 15 is 4.39 Å². The van der Waals surface area contributed by atoms with E-state index in [1.165, 1.54) is 0 Å². The van der Waals surface area contributed by atoms with Crippen molar-refractivity contribution in [1.82, 2.24) is 9.88 Å². The Morgan fingerprint density at radius 1 is 1.21 bits per heavy atom. The van der Waals surface area contributed by atoms with Gasteiger partial charge in [-0.1, -0.05) is 35.0 Å². The number of carbonyl (C=O) groups is 1. The average Bonchev–Trinajstić information content (AvgIpc) is 2.91. The lowest BCUT2D eigenvalue weighted by atomic mass is 9.79. The number of piperidine rings is 1. The fourth-order valence-electron chi connectivity index (χ4n) is 5.22. The highest BCUT2D eigenvalue weighted by Crippen LogP contribution is 2.36. The molecule has 3 atom stereocenters. The smallest absolute Gasteiger partial charge is 0.303 e. The Morgan fingerprint density at radius 3 is 2.82 bits per heavy atom. The predicted molar refractivity (Wildman–Crippen MR) is 150 cm³/mol. The Bertz CT molecular complexity index is 1340. The zero-order valence-electron chi connectivity index (χ0n) is 21.3. The molecule has 1 aliphatic rings. The van der Waals surface area contributed by atoms with Crippen molar-refractivity contribution < 1.29 is 19.0 Å². The van der Waals surface area contributed by atoms with Gasteiger partial charge in [0.25, 0.3) is 0 Å². The third-order valence-electron chi connectivity index (χ3n) is 7.27. The van der Waals surface area contributed by atoms with E-state index in [4.69, 9.17) is 27.9 Å². The summed E-state index contributed by atoms with van der Waals surface area (Å²) in [6.07, 6.45) is 3.13. The van der Waals surface area contributed by atoms with Gasteiger partial charge in [-0.25, -0.2) is 4.39 Å². The molecule has 5 nitrogen and oxygen atoms in total. The number of aromatic nitrogens is 1. The van der Waals surface area contributed by atoms with Crippen LogP contribution in [0.15, 0.2) is 48.7 Å². The summed E-state index contributed by atoms with van der Waals surface area (Å²) in [7, 11) is 1.59. The number of alkyl halides is 1. The molecule has 0 amide bonds. The van der Waals surface area contributed by atoms with Crippen molar-refractivity contribution in [2.24, 2.45) is 11.8 Å². The van der Waals surface area contributed by atoms with Crippen molar-refractivity contribution in [3.63, 3.8) is 0 Å². The van der Waals surface area contributed by atoms with Crippen LogP contribution in [0, 0.1) is 23.7 Å². The molecule has 4 rings (SSSR count). The van der Waals surface area contributed by atoms with Crippen molar-refractivity contribution in [1.29, 1.82) is 0 Å². The number of methoxy groups -OCH3 is 1. The monoisotopic (exact) mass is 556 g/mol. The molecule has 0 aliphatic carbocycles. The molecule has 0 saturated carbocycles. The van der Waals surface area contributed by atoms with Crippen LogP contribution < -0.4 is 4.74 Å². The molecule has 0 bridgehead atoms. The molecule has 1 aromatic heterocycles. The summed E-state index contributed by atoms with van der Waals surface area (Å²) in [5.41, 5.74) is 2.08. The lowest BCUT2D eigenvalue weighted by Gasteiger charge is -2.38. The second-order valence-corrected chi connectivity index (χ2v) is 10.6. The van der Waals surface area contributed by atoms with Crippen LogP contribution in [0.3, 0.4) is 0 Å². The molecule has 2 heterocycles. The number of fused-ring (bicyclic) bond motifs is 1. The molecule has 200 valence electrons. The van der Waals surface area contributed by atoms with Gasteiger partial charge in [-0.3, -0.25) is 14.7 Å². The van der Waals surface area contributed by atoms with Crippen LogP contribution in [0.4, 0.5) is 4.39 Å². The number of rotatable bonds is 9. The first kappa shape index (κ1) is 28.2. The van der Waals surface area contributed by atoms with E-state index in [0.717, 1.165) is 36.0 Å². The molecule has 1 aliphatic heterocycles. The number of carboxylic acid groups (broad SMARTS) is 1. The van der Waals surface area contributed by atoms with Gasteiger partial charge in [0.2, 0.25) is 0 Å². The fraction of sp³-hybridized carbons (Fsp3) is 0.400. The first-order valence-electron chi connectivity index (χ1n) is 12.8. The molecule has 0 radical (unpaired) electrons. The summed E-state index contributed by atoms with van der Waals surface area (Å²) in [5, 5.41) is 11.1. The minimum atomic E-state index is -1.14. The molecule has 1 fully saturated rings. The van der Waals surface area contributed by atoms with Crippen molar-refractivity contribution in [2.45, 2.75) is 38.3 Å². The molecule has 2 aromatic carbocycles. The zero-order valence-corrected chi connectivity index (χ0v) is 22.8. The summed E-state index contributed by atoms with van der Waals surface area (Å²) in [4.78, 5) is 17.9. The van der Waals surface area contributed by atoms with Gasteiger partial charge in [0.05, 0.1) is 24.2 Å². The number of pyridine rings is 1. The van der Waals surface area contributed by atoms with E-state index in [9.17, 15) is 9.90 Å². The van der Waals surface area contributed by atoms with Gasteiger partial charge in [-0.15, -0.1) is 0 Å². The molecule has 38 heavy (non-hydrogen) atoms. The normalized spacial score (nSPS) is 18.5. The Kier molecular flexibility index (Phi) is 9.85. The molecule has 1 saturated heterocycles. The summed E-state index contributed by atoms with van der Waals surface area (Å²) in [6.45, 7) is 2.14. The average molecular weight is 557 g/mol. The summed E-state index contributed by atoms with van der Waals surface area (Å²) in [5.74, 6) is 6.58. The Hall–Kier alpha value is -2.85. The minimum absolute atomic E-state index is 0.106. The lowest BCUT2D eigenvalue weighted by Crippen LogP contribution is -2.41. The number of nitrogens with zero attached hydrogens (tertiary/aromatic N) is 2. The van der Waals surface area contributed by atoms with E-state index < -0.39 is 12.1 Å². The highest BCUT2D eigenvalue weighted by molar-refractivity contribution is 6.35. The third-order valence-corrected chi connectivity index (χ3v) is 7.82. The summed E-state index contributed by atoms with van der Waals surface area (Å²) < 4.78 is 20.9. The number of ether oxygens (including phenoxy) is 1. The predicted octanol–water partition coefficient (Wildman–Crippen LogP) is 7.20. The van der Waals surface area contributed by atoms with Crippen LogP contribution in [0.25, 0.3) is 10.9 Å². The second kappa shape index (κ2) is 13.3. The molecule has 0 spiro atoms. The maximum atomic E-state index is 15.5. The molecular formula is C30H31Cl2FN2O3. The SMILES string of the molecule is COc1ccc2nccc([C@H](F)CC[C@@H]3CCN(CC#Cc4ccc(Cl)cc4Cl)C[C@H]3CCC(=O)O)c2c1. The van der Waals surface area contributed by atoms with E-state index in [-0.39, 0.29) is 18.3 Å². The van der Waals surface area contributed by atoms with E-state index in [0.29, 0.717) is 47.2 Å². The van der Waals surface area contributed by atoms with Crippen molar-refractivity contribution in [3.8, 4) is 17.6 Å². The Balaban J connectivity index is 1.40. The van der Waals surface area contributed by atoms with E-state index in [1.54, 1.807) is 37.6 Å². The second-order valence-electron chi connectivity index (χ2n) is 9.73. The number of aliphatic carboxylic acids is 1. The summed E-state index contributed by atoms with van der Waals surface area (Å²) in [6, 6.07) is 12.5. The van der Waals surface area contributed by atoms with Crippen molar-refractivity contribution in [3.05, 3.63) is 69.8 Å². The Labute approximate surface area is 232 Å². The first-order chi connectivity index (χ1) is 18.3. The number of halogens is 3. The maximum absolute atomic E-state index is 15.5. The summed E-state index contributed by atoms with van der Waals surface area (Å²) >= 11 is 12.2. The zero-order chi connectivity index (χ0) is 27.1. The third kappa shape index (κ3) is 7.38. The topological polar surface area (TPSA) is 62.7 Å². The molecule has 1 N–H and O–H groups in total. The highest BCUT2D eigenvalue weighted by atomic mass is 35.5. The Morgan fingerprint density at radius 2 is 2.05 bits per heavy atom. The molecule has 0 unspecified atom stereocenters. The largest absolute Gasteiger partial charge is 0.497 e. The quantitative estimate of drug-likeness (QED) is 0.282. The van der Waals surface area contributed by atoms with Gasteiger partial charge in [0.15, 0.2) is 0 Å². The first-order valence-corrected chi connectivity index (χ1v) is 13.5. The number of benzene rings is 2. The minimum Gasteiger partial charge on any atom is -0.497 e. The van der Waals surface area contributed by atoms with Crippen molar-refractivity contribution >= 4 is 40.1 Å². The van der Waals surface area contributed by atoms with Gasteiger partial charge in [-0.05, 0) is 92.1 Å². The van der Waals surface area contributed by atoms with Gasteiger partial charge in [0, 0.05) is 35.1 Å². The van der Waals surface area contributed by atoms with E-state index in [1.807, 2.05) is 18.2 Å². The fourth-order valence-corrected chi connectivity index (χ4v) is 5.67. The standard InChI is InChI=1S/C30H31Cl2FN2O3/c1-38-24-8-10-29-26(18-24)25(12-14-34-29)28(33)9-5-20-13-16-35(19-22(20)6-11-30(36)37)15-2-3-21-4-7-23(31)17-27(21)32/h4,7-8,10,12,14,17-18,20,22,28H,5-6,9,11,13,15-16,19H2,1H3,(H,36,37)/t20-,22-,28-/m1/s1. The number of likely N-dealkylation sites (tertiary alicyclic amines) is 1. The highest BCUT2D eigenvalue weighted by Gasteiger charge is 2.30. The molecule has 8 heteroatoms.